The van der Waals surface area contributed by atoms with Gasteiger partial charge in [-0.15, -0.1) is 10.2 Å². The van der Waals surface area contributed by atoms with Crippen molar-refractivity contribution in [1.82, 2.24) is 14.8 Å². The third-order valence-electron chi connectivity index (χ3n) is 2.62. The number of benzene rings is 1. The number of primary sulfonamides is 1. The van der Waals surface area contributed by atoms with E-state index in [1.807, 2.05) is 31.2 Å². The van der Waals surface area contributed by atoms with Gasteiger partial charge in [-0.3, -0.25) is 0 Å². The minimum atomic E-state index is -3.85. The number of nitrogens with two attached hydrogens (primary N) is 1. The quantitative estimate of drug-likeness (QED) is 0.904. The first-order chi connectivity index (χ1) is 8.91. The molecular formula is C11H13BrN4O2S. The van der Waals surface area contributed by atoms with Gasteiger partial charge in [0, 0.05) is 17.4 Å². The van der Waals surface area contributed by atoms with Gasteiger partial charge in [0.15, 0.2) is 0 Å². The summed E-state index contributed by atoms with van der Waals surface area (Å²) in [6.45, 7) is 2.27. The Balaban J connectivity index is 2.39. The molecule has 1 aromatic carbocycles. The van der Waals surface area contributed by atoms with Crippen molar-refractivity contribution in [1.29, 1.82) is 0 Å². The molecule has 102 valence electrons. The summed E-state index contributed by atoms with van der Waals surface area (Å²) in [4.78, 5) is 0. The van der Waals surface area contributed by atoms with Crippen molar-refractivity contribution in [2.45, 2.75) is 25.0 Å². The molecule has 0 unspecified atom stereocenters. The van der Waals surface area contributed by atoms with Crippen LogP contribution < -0.4 is 5.14 Å². The zero-order valence-corrected chi connectivity index (χ0v) is 12.6. The molecule has 0 aliphatic carbocycles. The Kier molecular flexibility index (Phi) is 4.02. The number of aromatic nitrogens is 3. The van der Waals surface area contributed by atoms with E-state index >= 15 is 0 Å². The topological polar surface area (TPSA) is 90.9 Å². The van der Waals surface area contributed by atoms with E-state index in [4.69, 9.17) is 5.14 Å². The third-order valence-corrected chi connectivity index (χ3v) is 3.92. The van der Waals surface area contributed by atoms with Crippen LogP contribution in [0.2, 0.25) is 0 Å². The lowest BCUT2D eigenvalue weighted by Crippen LogP contribution is -2.19. The summed E-state index contributed by atoms with van der Waals surface area (Å²) in [7, 11) is -3.85. The molecule has 0 aliphatic heterocycles. The molecule has 19 heavy (non-hydrogen) atoms. The highest BCUT2D eigenvalue weighted by Gasteiger charge is 2.20. The number of halogens is 1. The average molecular weight is 345 g/mol. The number of sulfonamides is 1. The number of hydrogen-bond donors (Lipinski definition) is 1. The molecule has 0 saturated carbocycles. The first kappa shape index (κ1) is 14.2. The fourth-order valence-corrected chi connectivity index (χ4v) is 2.95. The number of hydrogen-bond acceptors (Lipinski definition) is 4. The second-order valence-corrected chi connectivity index (χ2v) is 6.37. The summed E-state index contributed by atoms with van der Waals surface area (Å²) in [6, 6.07) is 7.72. The average Bonchev–Trinajstić information content (AvgIpc) is 2.71. The Morgan fingerprint density at radius 2 is 2.11 bits per heavy atom. The van der Waals surface area contributed by atoms with Crippen molar-refractivity contribution in [3.05, 3.63) is 40.1 Å². The van der Waals surface area contributed by atoms with Crippen LogP contribution in [0, 0.1) is 0 Å². The monoisotopic (exact) mass is 344 g/mol. The van der Waals surface area contributed by atoms with Crippen molar-refractivity contribution in [2.75, 3.05) is 0 Å². The summed E-state index contributed by atoms with van der Waals surface area (Å²) in [6.07, 6.45) is 0.496. The fourth-order valence-electron chi connectivity index (χ4n) is 1.81. The first-order valence-electron chi connectivity index (χ1n) is 5.61. The van der Waals surface area contributed by atoms with E-state index in [1.54, 1.807) is 0 Å². The van der Waals surface area contributed by atoms with E-state index in [-0.39, 0.29) is 5.16 Å². The second-order valence-electron chi connectivity index (χ2n) is 3.99. The lowest BCUT2D eigenvalue weighted by molar-refractivity contribution is 0.565. The normalized spacial score (nSPS) is 11.7. The van der Waals surface area contributed by atoms with Crippen molar-refractivity contribution in [2.24, 2.45) is 5.14 Å². The Morgan fingerprint density at radius 1 is 1.37 bits per heavy atom. The Morgan fingerprint density at radius 3 is 2.68 bits per heavy atom. The highest BCUT2D eigenvalue weighted by molar-refractivity contribution is 9.10. The van der Waals surface area contributed by atoms with Gasteiger partial charge in [-0.25, -0.2) is 13.6 Å². The molecule has 0 spiro atoms. The molecule has 0 fully saturated rings. The van der Waals surface area contributed by atoms with E-state index < -0.39 is 10.0 Å². The maximum absolute atomic E-state index is 11.4. The summed E-state index contributed by atoms with van der Waals surface area (Å²) in [5.74, 6) is 0.574. The number of rotatable bonds is 4. The zero-order valence-electron chi connectivity index (χ0n) is 10.2. The summed E-state index contributed by atoms with van der Waals surface area (Å²) in [5.41, 5.74) is 1.01. The van der Waals surface area contributed by atoms with Gasteiger partial charge in [0.2, 0.25) is 0 Å². The molecule has 2 rings (SSSR count). The molecule has 2 aromatic rings. The molecule has 0 saturated heterocycles. The minimum Gasteiger partial charge on any atom is -0.301 e. The SMILES string of the molecule is CCn1c(Cc2cccc(Br)c2)nnc1S(N)(=O)=O. The van der Waals surface area contributed by atoms with Gasteiger partial charge in [0.1, 0.15) is 5.82 Å². The summed E-state index contributed by atoms with van der Waals surface area (Å²) in [5, 5.41) is 12.5. The molecule has 0 bridgehead atoms. The zero-order chi connectivity index (χ0) is 14.0. The van der Waals surface area contributed by atoms with Gasteiger partial charge in [-0.2, -0.15) is 0 Å². The van der Waals surface area contributed by atoms with Crippen LogP contribution in [0.15, 0.2) is 33.9 Å². The van der Waals surface area contributed by atoms with E-state index in [1.165, 1.54) is 4.57 Å². The molecule has 0 aliphatic rings. The van der Waals surface area contributed by atoms with Crippen LogP contribution in [0.3, 0.4) is 0 Å². The Bertz CT molecular complexity index is 696. The van der Waals surface area contributed by atoms with Gasteiger partial charge < -0.3 is 4.57 Å². The molecule has 1 aromatic heterocycles. The highest BCUT2D eigenvalue weighted by Crippen LogP contribution is 2.16. The van der Waals surface area contributed by atoms with Gasteiger partial charge in [-0.05, 0) is 24.6 Å². The fraction of sp³-hybridized carbons (Fsp3) is 0.273. The molecule has 6 nitrogen and oxygen atoms in total. The standard InChI is InChI=1S/C11H13BrN4O2S/c1-2-16-10(14-15-11(16)19(13,17)18)7-8-4-3-5-9(12)6-8/h3-6H,2,7H2,1H3,(H2,13,17,18). The summed E-state index contributed by atoms with van der Waals surface area (Å²) >= 11 is 3.39. The van der Waals surface area contributed by atoms with Crippen molar-refractivity contribution in [3.63, 3.8) is 0 Å². The van der Waals surface area contributed by atoms with E-state index in [0.717, 1.165) is 10.0 Å². The smallest absolute Gasteiger partial charge is 0.273 e. The minimum absolute atomic E-state index is 0.194. The van der Waals surface area contributed by atoms with E-state index in [2.05, 4.69) is 26.1 Å². The third kappa shape index (κ3) is 3.20. The predicted molar refractivity (Wildman–Crippen MR) is 74.0 cm³/mol. The summed E-state index contributed by atoms with van der Waals surface area (Å²) < 4.78 is 25.2. The molecule has 1 heterocycles. The molecule has 0 radical (unpaired) electrons. The molecule has 0 atom stereocenters. The van der Waals surface area contributed by atoms with E-state index in [9.17, 15) is 8.42 Å². The van der Waals surface area contributed by atoms with Crippen LogP contribution in [-0.2, 0) is 23.0 Å². The maximum Gasteiger partial charge on any atom is 0.273 e. The lowest BCUT2D eigenvalue weighted by atomic mass is 10.1. The van der Waals surface area contributed by atoms with E-state index in [0.29, 0.717) is 18.8 Å². The highest BCUT2D eigenvalue weighted by atomic mass is 79.9. The van der Waals surface area contributed by atoms with Gasteiger partial charge in [-0.1, -0.05) is 28.1 Å². The van der Waals surface area contributed by atoms with Crippen molar-refractivity contribution >= 4 is 26.0 Å². The first-order valence-corrected chi connectivity index (χ1v) is 7.95. The van der Waals surface area contributed by atoms with Crippen LogP contribution in [0.5, 0.6) is 0 Å². The Labute approximate surface area is 119 Å². The predicted octanol–water partition coefficient (Wildman–Crippen LogP) is 1.30. The molecule has 2 N–H and O–H groups in total. The van der Waals surface area contributed by atoms with Crippen LogP contribution in [0.1, 0.15) is 18.3 Å². The maximum atomic E-state index is 11.4. The van der Waals surface area contributed by atoms with Crippen LogP contribution in [0.25, 0.3) is 0 Å². The molecular weight excluding hydrogens is 332 g/mol. The molecule has 0 amide bonds. The largest absolute Gasteiger partial charge is 0.301 e. The van der Waals surface area contributed by atoms with Crippen molar-refractivity contribution in [3.8, 4) is 0 Å². The van der Waals surface area contributed by atoms with Gasteiger partial charge in [0.05, 0.1) is 0 Å². The van der Waals surface area contributed by atoms with Crippen LogP contribution in [-0.4, -0.2) is 23.2 Å². The van der Waals surface area contributed by atoms with Gasteiger partial charge in [0.25, 0.3) is 15.2 Å². The second kappa shape index (κ2) is 5.40. The van der Waals surface area contributed by atoms with Crippen molar-refractivity contribution < 1.29 is 8.42 Å². The van der Waals surface area contributed by atoms with Crippen LogP contribution >= 0.6 is 15.9 Å². The Hall–Kier alpha value is -1.25. The van der Waals surface area contributed by atoms with Gasteiger partial charge >= 0.3 is 0 Å². The molecule has 8 heteroatoms. The lowest BCUT2D eigenvalue weighted by Gasteiger charge is -2.06. The number of nitrogens with zero attached hydrogens (tertiary/aromatic N) is 3. The van der Waals surface area contributed by atoms with Crippen LogP contribution in [0.4, 0.5) is 0 Å².